The van der Waals surface area contributed by atoms with Gasteiger partial charge < -0.3 is 20.1 Å². The van der Waals surface area contributed by atoms with Crippen molar-refractivity contribution in [3.8, 4) is 5.88 Å². The number of halogens is 3. The standard InChI is InChI=1S/C12H10F3N3O3/c13-12(14,15)9-4-3-8(10(16)18-19)11(17-9)21-6-7-2-1-5-20-7/h1-5,19H,6H2,(H2,16,18). The molecular weight excluding hydrogens is 291 g/mol. The highest BCUT2D eigenvalue weighted by Crippen LogP contribution is 2.30. The minimum absolute atomic E-state index is 0.0583. The number of oxime groups is 1. The summed E-state index contributed by atoms with van der Waals surface area (Å²) in [7, 11) is 0. The fraction of sp³-hybridized carbons (Fsp3) is 0.167. The van der Waals surface area contributed by atoms with Crippen molar-refractivity contribution in [3.05, 3.63) is 47.5 Å². The van der Waals surface area contributed by atoms with Crippen molar-refractivity contribution in [2.45, 2.75) is 12.8 Å². The lowest BCUT2D eigenvalue weighted by Gasteiger charge is -2.12. The summed E-state index contributed by atoms with van der Waals surface area (Å²) in [4.78, 5) is 3.35. The van der Waals surface area contributed by atoms with Crippen LogP contribution in [0.25, 0.3) is 0 Å². The number of aromatic nitrogens is 1. The number of hydrogen-bond donors (Lipinski definition) is 2. The predicted molar refractivity (Wildman–Crippen MR) is 64.8 cm³/mol. The summed E-state index contributed by atoms with van der Waals surface area (Å²) in [6.07, 6.45) is -3.24. The molecule has 2 aromatic heterocycles. The highest BCUT2D eigenvalue weighted by atomic mass is 19.4. The van der Waals surface area contributed by atoms with E-state index in [9.17, 15) is 13.2 Å². The van der Waals surface area contributed by atoms with Gasteiger partial charge in [0.1, 0.15) is 18.1 Å². The minimum atomic E-state index is -4.63. The molecule has 0 unspecified atom stereocenters. The van der Waals surface area contributed by atoms with E-state index < -0.39 is 23.6 Å². The van der Waals surface area contributed by atoms with E-state index in [-0.39, 0.29) is 12.2 Å². The van der Waals surface area contributed by atoms with E-state index in [2.05, 4.69) is 10.1 Å². The molecule has 9 heteroatoms. The highest BCUT2D eigenvalue weighted by molar-refractivity contribution is 5.99. The summed E-state index contributed by atoms with van der Waals surface area (Å²) in [5.41, 5.74) is 4.17. The largest absolute Gasteiger partial charge is 0.469 e. The van der Waals surface area contributed by atoms with Crippen LogP contribution in [0.5, 0.6) is 5.88 Å². The number of furan rings is 1. The Kier molecular flexibility index (Phi) is 4.01. The first-order chi connectivity index (χ1) is 9.91. The van der Waals surface area contributed by atoms with Crippen LogP contribution in [0.2, 0.25) is 0 Å². The number of alkyl halides is 3. The molecule has 112 valence electrons. The molecule has 2 aromatic rings. The fourth-order valence-electron chi connectivity index (χ4n) is 1.49. The Balaban J connectivity index is 2.33. The van der Waals surface area contributed by atoms with E-state index in [0.29, 0.717) is 11.8 Å². The molecule has 0 saturated carbocycles. The Labute approximate surface area is 116 Å². The third-order valence-corrected chi connectivity index (χ3v) is 2.47. The van der Waals surface area contributed by atoms with E-state index in [1.165, 1.54) is 6.26 Å². The summed E-state index contributed by atoms with van der Waals surface area (Å²) in [5, 5.41) is 11.4. The van der Waals surface area contributed by atoms with Crippen molar-refractivity contribution >= 4 is 5.84 Å². The van der Waals surface area contributed by atoms with Crippen LogP contribution in [0, 0.1) is 0 Å². The Morgan fingerprint density at radius 2 is 2.14 bits per heavy atom. The first kappa shape index (κ1) is 14.7. The molecule has 0 radical (unpaired) electrons. The average molecular weight is 301 g/mol. The molecule has 0 amide bonds. The fourth-order valence-corrected chi connectivity index (χ4v) is 1.49. The first-order valence-electron chi connectivity index (χ1n) is 5.63. The van der Waals surface area contributed by atoms with Crippen LogP contribution in [0.4, 0.5) is 13.2 Å². The van der Waals surface area contributed by atoms with Gasteiger partial charge in [0.25, 0.3) is 0 Å². The third kappa shape index (κ3) is 3.44. The molecule has 2 rings (SSSR count). The molecular formula is C12H10F3N3O3. The number of hydrogen-bond acceptors (Lipinski definition) is 5. The van der Waals surface area contributed by atoms with Crippen molar-refractivity contribution in [1.82, 2.24) is 4.98 Å². The molecule has 0 aliphatic carbocycles. The maximum atomic E-state index is 12.6. The van der Waals surface area contributed by atoms with Gasteiger partial charge in [-0.1, -0.05) is 5.16 Å². The normalized spacial score (nSPS) is 12.4. The maximum Gasteiger partial charge on any atom is 0.433 e. The number of amidine groups is 1. The number of nitrogens with two attached hydrogens (primary N) is 1. The Bertz CT molecular complexity index is 639. The number of ether oxygens (including phenoxy) is 1. The van der Waals surface area contributed by atoms with E-state index in [1.54, 1.807) is 12.1 Å². The Morgan fingerprint density at radius 3 is 2.71 bits per heavy atom. The molecule has 0 spiro atoms. The molecule has 0 bridgehead atoms. The van der Waals surface area contributed by atoms with E-state index in [4.69, 9.17) is 20.1 Å². The number of pyridine rings is 1. The van der Waals surface area contributed by atoms with Gasteiger partial charge in [-0.05, 0) is 24.3 Å². The Morgan fingerprint density at radius 1 is 1.38 bits per heavy atom. The van der Waals surface area contributed by atoms with Crippen LogP contribution in [0.3, 0.4) is 0 Å². The second-order valence-corrected chi connectivity index (χ2v) is 3.90. The summed E-state index contributed by atoms with van der Waals surface area (Å²) in [6, 6.07) is 4.91. The lowest BCUT2D eigenvalue weighted by molar-refractivity contribution is -0.141. The van der Waals surface area contributed by atoms with Gasteiger partial charge in [-0.15, -0.1) is 0 Å². The van der Waals surface area contributed by atoms with Crippen LogP contribution in [0.15, 0.2) is 40.1 Å². The Hall–Kier alpha value is -2.71. The zero-order valence-corrected chi connectivity index (χ0v) is 10.5. The molecule has 6 nitrogen and oxygen atoms in total. The highest BCUT2D eigenvalue weighted by Gasteiger charge is 2.33. The number of nitrogens with zero attached hydrogens (tertiary/aromatic N) is 2. The summed E-state index contributed by atoms with van der Waals surface area (Å²) < 4.78 is 48.1. The topological polar surface area (TPSA) is 93.9 Å². The zero-order valence-electron chi connectivity index (χ0n) is 10.5. The molecule has 21 heavy (non-hydrogen) atoms. The SMILES string of the molecule is NC(=NO)c1ccc(C(F)(F)F)nc1OCc1ccco1. The van der Waals surface area contributed by atoms with Gasteiger partial charge in [0.05, 0.1) is 11.8 Å². The average Bonchev–Trinajstić information content (AvgIpc) is 2.96. The summed E-state index contributed by atoms with van der Waals surface area (Å²) >= 11 is 0. The van der Waals surface area contributed by atoms with Crippen molar-refractivity contribution in [2.75, 3.05) is 0 Å². The van der Waals surface area contributed by atoms with Gasteiger partial charge in [-0.2, -0.15) is 13.2 Å². The van der Waals surface area contributed by atoms with Crippen molar-refractivity contribution < 1.29 is 27.5 Å². The van der Waals surface area contributed by atoms with Crippen LogP contribution < -0.4 is 10.5 Å². The summed E-state index contributed by atoms with van der Waals surface area (Å²) in [6.45, 7) is -0.146. The molecule has 0 aromatic carbocycles. The quantitative estimate of drug-likeness (QED) is 0.391. The van der Waals surface area contributed by atoms with Crippen LogP contribution >= 0.6 is 0 Å². The zero-order chi connectivity index (χ0) is 15.5. The van der Waals surface area contributed by atoms with Crippen molar-refractivity contribution in [3.63, 3.8) is 0 Å². The molecule has 0 fully saturated rings. The monoisotopic (exact) mass is 301 g/mol. The predicted octanol–water partition coefficient (Wildman–Crippen LogP) is 2.37. The smallest absolute Gasteiger partial charge is 0.433 e. The van der Waals surface area contributed by atoms with E-state index in [1.807, 2.05) is 0 Å². The van der Waals surface area contributed by atoms with Crippen LogP contribution in [-0.4, -0.2) is 16.0 Å². The van der Waals surface area contributed by atoms with Crippen LogP contribution in [0.1, 0.15) is 17.0 Å². The second-order valence-electron chi connectivity index (χ2n) is 3.90. The van der Waals surface area contributed by atoms with Crippen molar-refractivity contribution in [1.29, 1.82) is 0 Å². The van der Waals surface area contributed by atoms with E-state index in [0.717, 1.165) is 6.07 Å². The van der Waals surface area contributed by atoms with Crippen LogP contribution in [-0.2, 0) is 12.8 Å². The minimum Gasteiger partial charge on any atom is -0.469 e. The van der Waals surface area contributed by atoms with Gasteiger partial charge in [-0.3, -0.25) is 0 Å². The summed E-state index contributed by atoms with van der Waals surface area (Å²) in [5.74, 6) is -0.429. The molecule has 0 aliphatic heterocycles. The van der Waals surface area contributed by atoms with E-state index >= 15 is 0 Å². The molecule has 2 heterocycles. The molecule has 0 aliphatic rings. The third-order valence-electron chi connectivity index (χ3n) is 2.47. The molecule has 3 N–H and O–H groups in total. The van der Waals surface area contributed by atoms with Gasteiger partial charge in [-0.25, -0.2) is 4.98 Å². The van der Waals surface area contributed by atoms with Gasteiger partial charge >= 0.3 is 6.18 Å². The van der Waals surface area contributed by atoms with Gasteiger partial charge in [0, 0.05) is 0 Å². The van der Waals surface area contributed by atoms with Gasteiger partial charge in [0.2, 0.25) is 5.88 Å². The molecule has 0 atom stereocenters. The first-order valence-corrected chi connectivity index (χ1v) is 5.63. The lowest BCUT2D eigenvalue weighted by atomic mass is 10.2. The van der Waals surface area contributed by atoms with Gasteiger partial charge in [0.15, 0.2) is 5.84 Å². The molecule has 0 saturated heterocycles. The maximum absolute atomic E-state index is 12.6. The lowest BCUT2D eigenvalue weighted by Crippen LogP contribution is -2.18. The van der Waals surface area contributed by atoms with Crippen molar-refractivity contribution in [2.24, 2.45) is 10.9 Å². The second kappa shape index (κ2) is 5.73. The number of rotatable bonds is 4.